The average Bonchev–Trinajstić information content (AvgIpc) is 3.67. The number of aromatic nitrogens is 3. The smallest absolute Gasteiger partial charge is 0.342 e. The lowest BCUT2D eigenvalue weighted by Crippen LogP contribution is -2.01. The van der Waals surface area contributed by atoms with Gasteiger partial charge in [-0.1, -0.05) is 90.0 Å². The molecule has 218 valence electrons. The number of carboxylic acids is 1. The van der Waals surface area contributed by atoms with Crippen molar-refractivity contribution in [1.29, 1.82) is 0 Å². The molecule has 0 bridgehead atoms. The first-order chi connectivity index (χ1) is 21.4. The topological polar surface area (TPSA) is 90.4 Å². The van der Waals surface area contributed by atoms with Crippen LogP contribution in [0.1, 0.15) is 11.1 Å². The van der Waals surface area contributed by atoms with E-state index in [0.717, 1.165) is 51.1 Å². The van der Waals surface area contributed by atoms with Gasteiger partial charge in [0.05, 0.1) is 24.1 Å². The number of carboxylic acid groups (broad SMARTS) is 1. The molecule has 0 atom stereocenters. The Morgan fingerprint density at radius 1 is 0.909 bits per heavy atom. The van der Waals surface area contributed by atoms with Gasteiger partial charge in [-0.3, -0.25) is 0 Å². The van der Waals surface area contributed by atoms with Crippen LogP contribution < -0.4 is 4.74 Å². The first-order valence-corrected chi connectivity index (χ1v) is 14.8. The maximum atomic E-state index is 12.6. The SMILES string of the molecule is COc1ccc(Cl)cc1-c1nnc(S/C(=C\c2cc(-c3ccccc3)n(-c3ccc(C)cc3)c2-c2ccccc2)C(=O)O)o1. The molecule has 7 nitrogen and oxygen atoms in total. The summed E-state index contributed by atoms with van der Waals surface area (Å²) >= 11 is 7.06. The number of hydrogen-bond donors (Lipinski definition) is 1. The Morgan fingerprint density at radius 3 is 2.25 bits per heavy atom. The maximum absolute atomic E-state index is 12.6. The Kier molecular flexibility index (Phi) is 8.36. The van der Waals surface area contributed by atoms with E-state index in [1.165, 1.54) is 7.11 Å². The van der Waals surface area contributed by atoms with Crippen LogP contribution >= 0.6 is 23.4 Å². The van der Waals surface area contributed by atoms with Gasteiger partial charge in [0.1, 0.15) is 10.7 Å². The van der Waals surface area contributed by atoms with E-state index in [1.807, 2.05) is 73.7 Å². The zero-order valence-corrected chi connectivity index (χ0v) is 25.3. The quantitative estimate of drug-likeness (QED) is 0.127. The number of hydrogen-bond acceptors (Lipinski definition) is 6. The molecule has 6 rings (SSSR count). The van der Waals surface area contributed by atoms with Crippen LogP contribution in [0.4, 0.5) is 0 Å². The number of benzene rings is 4. The Labute approximate surface area is 263 Å². The predicted octanol–water partition coefficient (Wildman–Crippen LogP) is 9.05. The maximum Gasteiger partial charge on any atom is 0.342 e. The summed E-state index contributed by atoms with van der Waals surface area (Å²) in [6.07, 6.45) is 1.65. The van der Waals surface area contributed by atoms with Crippen molar-refractivity contribution in [3.05, 3.63) is 130 Å². The highest BCUT2D eigenvalue weighted by molar-refractivity contribution is 8.03. The fourth-order valence-electron chi connectivity index (χ4n) is 4.89. The van der Waals surface area contributed by atoms with Gasteiger partial charge in [0.15, 0.2) is 0 Å². The molecule has 0 spiro atoms. The highest BCUT2D eigenvalue weighted by Gasteiger charge is 2.22. The summed E-state index contributed by atoms with van der Waals surface area (Å²) in [5, 5.41) is 19.1. The van der Waals surface area contributed by atoms with Crippen LogP contribution in [0, 0.1) is 6.92 Å². The van der Waals surface area contributed by atoms with Gasteiger partial charge < -0.3 is 18.8 Å². The van der Waals surface area contributed by atoms with Gasteiger partial charge in [-0.25, -0.2) is 4.79 Å². The second kappa shape index (κ2) is 12.7. The fraction of sp³-hybridized carbons (Fsp3) is 0.0571. The second-order valence-corrected chi connectivity index (χ2v) is 11.3. The number of nitrogens with zero attached hydrogens (tertiary/aromatic N) is 3. The Morgan fingerprint density at radius 2 is 1.59 bits per heavy atom. The summed E-state index contributed by atoms with van der Waals surface area (Å²) in [7, 11) is 1.53. The Hall–Kier alpha value is -5.05. The molecule has 2 aromatic heterocycles. The molecule has 0 fully saturated rings. The van der Waals surface area contributed by atoms with Crippen LogP contribution in [0.25, 0.3) is 45.7 Å². The lowest BCUT2D eigenvalue weighted by atomic mass is 10.1. The molecule has 0 radical (unpaired) electrons. The average molecular weight is 620 g/mol. The van der Waals surface area contributed by atoms with Crippen LogP contribution in [0.15, 0.2) is 124 Å². The molecule has 0 amide bonds. The largest absolute Gasteiger partial charge is 0.496 e. The number of carbonyl (C=O) groups is 1. The summed E-state index contributed by atoms with van der Waals surface area (Å²) in [6, 6.07) is 35.3. The number of rotatable bonds is 9. The van der Waals surface area contributed by atoms with E-state index in [2.05, 4.69) is 39.0 Å². The van der Waals surface area contributed by atoms with Gasteiger partial charge in [0.25, 0.3) is 11.1 Å². The zero-order valence-electron chi connectivity index (χ0n) is 23.8. The molecular formula is C35H26ClN3O4S. The van der Waals surface area contributed by atoms with Crippen molar-refractivity contribution >= 4 is 35.4 Å². The van der Waals surface area contributed by atoms with Crippen molar-refractivity contribution in [2.45, 2.75) is 12.1 Å². The Balaban J connectivity index is 1.50. The third-order valence-electron chi connectivity index (χ3n) is 6.93. The van der Waals surface area contributed by atoms with Crippen LogP contribution in [0.5, 0.6) is 5.75 Å². The number of thioether (sulfide) groups is 1. The summed E-state index contributed by atoms with van der Waals surface area (Å²) in [4.78, 5) is 12.6. The van der Waals surface area contributed by atoms with Gasteiger partial charge in [-0.15, -0.1) is 10.2 Å². The number of ether oxygens (including phenoxy) is 1. The number of aliphatic carboxylic acids is 1. The first kappa shape index (κ1) is 29.0. The van der Waals surface area contributed by atoms with Gasteiger partial charge in [0.2, 0.25) is 0 Å². The second-order valence-electron chi connectivity index (χ2n) is 9.87. The summed E-state index contributed by atoms with van der Waals surface area (Å²) < 4.78 is 13.4. The molecule has 6 aromatic rings. The molecule has 0 saturated carbocycles. The molecule has 0 unspecified atom stereocenters. The van der Waals surface area contributed by atoms with Crippen molar-refractivity contribution in [2.75, 3.05) is 7.11 Å². The van der Waals surface area contributed by atoms with E-state index in [0.29, 0.717) is 16.3 Å². The molecule has 1 N–H and O–H groups in total. The monoisotopic (exact) mass is 619 g/mol. The highest BCUT2D eigenvalue weighted by atomic mass is 35.5. The third kappa shape index (κ3) is 6.04. The third-order valence-corrected chi connectivity index (χ3v) is 8.02. The minimum atomic E-state index is -1.13. The highest BCUT2D eigenvalue weighted by Crippen LogP contribution is 2.40. The van der Waals surface area contributed by atoms with Crippen molar-refractivity contribution in [1.82, 2.24) is 14.8 Å². The molecule has 44 heavy (non-hydrogen) atoms. The first-order valence-electron chi connectivity index (χ1n) is 13.6. The lowest BCUT2D eigenvalue weighted by molar-refractivity contribution is -0.131. The minimum Gasteiger partial charge on any atom is -0.496 e. The van der Waals surface area contributed by atoms with Crippen molar-refractivity contribution < 1.29 is 19.1 Å². The molecule has 9 heteroatoms. The molecule has 0 aliphatic carbocycles. The molecule has 2 heterocycles. The summed E-state index contributed by atoms with van der Waals surface area (Å²) in [5.74, 6) is -0.459. The van der Waals surface area contributed by atoms with E-state index in [-0.39, 0.29) is 16.0 Å². The molecular weight excluding hydrogens is 594 g/mol. The standard InChI is InChI=1S/C35H26ClN3O4S/c1-22-13-16-27(17-14-22)39-29(23-9-5-3-6-10-23)19-25(32(39)24-11-7-4-8-12-24)20-31(34(40)41)44-35-38-37-33(43-35)28-21-26(36)15-18-30(28)42-2/h3-21H,1-2H3,(H,40,41)/b31-20-. The normalized spacial score (nSPS) is 11.5. The van der Waals surface area contributed by atoms with E-state index >= 15 is 0 Å². The molecule has 0 aliphatic heterocycles. The van der Waals surface area contributed by atoms with Crippen LogP contribution in [-0.2, 0) is 4.79 Å². The van der Waals surface area contributed by atoms with Gasteiger partial charge >= 0.3 is 5.97 Å². The van der Waals surface area contributed by atoms with Crippen LogP contribution in [0.2, 0.25) is 5.02 Å². The van der Waals surface area contributed by atoms with Crippen molar-refractivity contribution in [2.24, 2.45) is 0 Å². The summed E-state index contributed by atoms with van der Waals surface area (Å²) in [5.41, 5.74) is 7.02. The fourth-order valence-corrected chi connectivity index (χ4v) is 5.73. The number of halogens is 1. The van der Waals surface area contributed by atoms with Gasteiger partial charge in [-0.2, -0.15) is 0 Å². The van der Waals surface area contributed by atoms with E-state index in [1.54, 1.807) is 24.3 Å². The zero-order chi connectivity index (χ0) is 30.6. The van der Waals surface area contributed by atoms with E-state index in [9.17, 15) is 9.90 Å². The molecule has 0 saturated heterocycles. The molecule has 4 aromatic carbocycles. The minimum absolute atomic E-state index is 0.0103. The molecule has 0 aliphatic rings. The van der Waals surface area contributed by atoms with Crippen LogP contribution in [-0.4, -0.2) is 33.0 Å². The van der Waals surface area contributed by atoms with Crippen molar-refractivity contribution in [3.63, 3.8) is 0 Å². The van der Waals surface area contributed by atoms with Gasteiger partial charge in [0, 0.05) is 16.3 Å². The number of aryl methyl sites for hydroxylation is 1. The lowest BCUT2D eigenvalue weighted by Gasteiger charge is -2.15. The van der Waals surface area contributed by atoms with Crippen LogP contribution in [0.3, 0.4) is 0 Å². The Bertz CT molecular complexity index is 1970. The summed E-state index contributed by atoms with van der Waals surface area (Å²) in [6.45, 7) is 2.05. The number of methoxy groups -OCH3 is 1. The van der Waals surface area contributed by atoms with E-state index in [4.69, 9.17) is 20.8 Å². The predicted molar refractivity (Wildman–Crippen MR) is 174 cm³/mol. The van der Waals surface area contributed by atoms with Gasteiger partial charge in [-0.05, 0) is 72.3 Å². The van der Waals surface area contributed by atoms with E-state index < -0.39 is 5.97 Å². The van der Waals surface area contributed by atoms with Crippen molar-refractivity contribution in [3.8, 4) is 45.4 Å².